The molecule has 0 unspecified atom stereocenters. The highest BCUT2D eigenvalue weighted by atomic mass is 32.2. The molecule has 0 aliphatic carbocycles. The lowest BCUT2D eigenvalue weighted by molar-refractivity contribution is 0.416. The second kappa shape index (κ2) is 7.40. The van der Waals surface area contributed by atoms with Crippen LogP contribution >= 0.6 is 0 Å². The molecule has 7 nitrogen and oxygen atoms in total. The van der Waals surface area contributed by atoms with Crippen LogP contribution in [0.3, 0.4) is 0 Å². The van der Waals surface area contributed by atoms with Crippen LogP contribution in [0, 0.1) is 6.92 Å². The molecule has 0 atom stereocenters. The number of methoxy groups -OCH3 is 1. The van der Waals surface area contributed by atoms with Gasteiger partial charge in [0.25, 0.3) is 10.0 Å². The minimum absolute atomic E-state index is 0.135. The van der Waals surface area contributed by atoms with Gasteiger partial charge in [-0.15, -0.1) is 10.2 Å². The van der Waals surface area contributed by atoms with E-state index in [1.54, 1.807) is 31.4 Å². The van der Waals surface area contributed by atoms with Gasteiger partial charge in [0.15, 0.2) is 11.6 Å². The van der Waals surface area contributed by atoms with Crippen LogP contribution in [0.5, 0.6) is 5.75 Å². The zero-order valence-corrected chi connectivity index (χ0v) is 15.1. The van der Waals surface area contributed by atoms with Crippen LogP contribution in [0.15, 0.2) is 65.6 Å². The molecule has 3 rings (SSSR count). The van der Waals surface area contributed by atoms with E-state index in [-0.39, 0.29) is 10.7 Å². The van der Waals surface area contributed by atoms with Gasteiger partial charge >= 0.3 is 0 Å². The first-order valence-corrected chi connectivity index (χ1v) is 9.29. The van der Waals surface area contributed by atoms with Gasteiger partial charge in [0.05, 0.1) is 17.7 Å². The summed E-state index contributed by atoms with van der Waals surface area (Å²) in [5, 5.41) is 11.0. The maximum Gasteiger partial charge on any atom is 0.263 e. The third kappa shape index (κ3) is 4.09. The summed E-state index contributed by atoms with van der Waals surface area (Å²) in [5.74, 6) is 1.28. The summed E-state index contributed by atoms with van der Waals surface area (Å²) in [6, 6.07) is 17.0. The lowest BCUT2D eigenvalue weighted by Gasteiger charge is -2.11. The van der Waals surface area contributed by atoms with E-state index in [2.05, 4.69) is 20.2 Å². The van der Waals surface area contributed by atoms with Gasteiger partial charge in [0.1, 0.15) is 5.75 Å². The molecule has 26 heavy (non-hydrogen) atoms. The van der Waals surface area contributed by atoms with Crippen LogP contribution in [-0.2, 0) is 10.0 Å². The first-order valence-electron chi connectivity index (χ1n) is 7.81. The minimum atomic E-state index is -3.69. The Kier molecular flexibility index (Phi) is 5.04. The molecular formula is C18H18N4O3S. The number of anilines is 3. The highest BCUT2D eigenvalue weighted by Gasteiger charge is 2.14. The number of sulfonamides is 1. The summed E-state index contributed by atoms with van der Waals surface area (Å²) in [6.45, 7) is 1.97. The summed E-state index contributed by atoms with van der Waals surface area (Å²) in [4.78, 5) is 0.161. The van der Waals surface area contributed by atoms with E-state index in [1.807, 2.05) is 25.1 Å². The predicted molar refractivity (Wildman–Crippen MR) is 100 cm³/mol. The van der Waals surface area contributed by atoms with E-state index in [9.17, 15) is 8.42 Å². The SMILES string of the molecule is COc1ccc(C)cc1Nc1ccc(NS(=O)(=O)c2ccccc2)nn1. The Labute approximate surface area is 152 Å². The standard InChI is InChI=1S/C18H18N4O3S/c1-13-8-9-16(25-2)15(12-13)19-17-10-11-18(21-20-17)22-26(23,24)14-6-4-3-5-7-14/h3-12H,1-2H3,(H,19,20)(H,21,22). The Hall–Kier alpha value is -3.13. The normalized spacial score (nSPS) is 11.0. The van der Waals surface area contributed by atoms with Crippen molar-refractivity contribution in [2.24, 2.45) is 0 Å². The molecule has 0 saturated heterocycles. The molecule has 0 aliphatic heterocycles. The van der Waals surface area contributed by atoms with Crippen LogP contribution in [0.1, 0.15) is 5.56 Å². The molecule has 0 fully saturated rings. The van der Waals surface area contributed by atoms with Gasteiger partial charge in [-0.3, -0.25) is 4.72 Å². The van der Waals surface area contributed by atoms with Crippen LogP contribution in [-0.4, -0.2) is 25.7 Å². The highest BCUT2D eigenvalue weighted by Crippen LogP contribution is 2.28. The second-order valence-corrected chi connectivity index (χ2v) is 7.23. The van der Waals surface area contributed by atoms with Gasteiger partial charge < -0.3 is 10.1 Å². The number of ether oxygens (including phenoxy) is 1. The van der Waals surface area contributed by atoms with Crippen LogP contribution in [0.25, 0.3) is 0 Å². The molecule has 0 amide bonds. The van der Waals surface area contributed by atoms with E-state index >= 15 is 0 Å². The maximum atomic E-state index is 12.3. The Balaban J connectivity index is 1.76. The van der Waals surface area contributed by atoms with Crippen LogP contribution in [0.2, 0.25) is 0 Å². The van der Waals surface area contributed by atoms with Crippen molar-refractivity contribution in [1.82, 2.24) is 10.2 Å². The van der Waals surface area contributed by atoms with Crippen molar-refractivity contribution < 1.29 is 13.2 Å². The topological polar surface area (TPSA) is 93.2 Å². The quantitative estimate of drug-likeness (QED) is 0.691. The van der Waals surface area contributed by atoms with Crippen molar-refractivity contribution in [2.45, 2.75) is 11.8 Å². The van der Waals surface area contributed by atoms with Crippen LogP contribution in [0.4, 0.5) is 17.3 Å². The van der Waals surface area contributed by atoms with Gasteiger partial charge in [-0.2, -0.15) is 0 Å². The molecule has 0 spiro atoms. The number of nitrogens with one attached hydrogen (secondary N) is 2. The van der Waals surface area contributed by atoms with Gasteiger partial charge in [-0.1, -0.05) is 24.3 Å². The molecule has 2 N–H and O–H groups in total. The molecule has 1 aromatic heterocycles. The van der Waals surface area contributed by atoms with Crippen molar-refractivity contribution in [3.63, 3.8) is 0 Å². The van der Waals surface area contributed by atoms with E-state index in [1.165, 1.54) is 18.2 Å². The highest BCUT2D eigenvalue weighted by molar-refractivity contribution is 7.92. The summed E-state index contributed by atoms with van der Waals surface area (Å²) in [6.07, 6.45) is 0. The van der Waals surface area contributed by atoms with Crippen molar-refractivity contribution in [3.8, 4) is 5.75 Å². The molecular weight excluding hydrogens is 352 g/mol. The first-order chi connectivity index (χ1) is 12.5. The molecule has 0 saturated carbocycles. The Morgan fingerprint density at radius 3 is 2.27 bits per heavy atom. The third-order valence-corrected chi connectivity index (χ3v) is 4.95. The number of benzene rings is 2. The number of nitrogens with zero attached hydrogens (tertiary/aromatic N) is 2. The zero-order valence-electron chi connectivity index (χ0n) is 14.3. The summed E-state index contributed by atoms with van der Waals surface area (Å²) in [5.41, 5.74) is 1.81. The van der Waals surface area contributed by atoms with E-state index < -0.39 is 10.0 Å². The van der Waals surface area contributed by atoms with Crippen molar-refractivity contribution in [3.05, 3.63) is 66.2 Å². The van der Waals surface area contributed by atoms with Crippen molar-refractivity contribution in [1.29, 1.82) is 0 Å². The van der Waals surface area contributed by atoms with Gasteiger partial charge in [0.2, 0.25) is 0 Å². The van der Waals surface area contributed by atoms with Crippen molar-refractivity contribution in [2.75, 3.05) is 17.1 Å². The number of aryl methyl sites for hydroxylation is 1. The molecule has 0 bridgehead atoms. The van der Waals surface area contributed by atoms with Crippen LogP contribution < -0.4 is 14.8 Å². The molecule has 134 valence electrons. The average molecular weight is 370 g/mol. The summed E-state index contributed by atoms with van der Waals surface area (Å²) in [7, 11) is -2.11. The minimum Gasteiger partial charge on any atom is -0.495 e. The summed E-state index contributed by atoms with van der Waals surface area (Å²) >= 11 is 0. The number of hydrogen-bond donors (Lipinski definition) is 2. The third-order valence-electron chi connectivity index (χ3n) is 3.57. The average Bonchev–Trinajstić information content (AvgIpc) is 2.64. The summed E-state index contributed by atoms with van der Waals surface area (Å²) < 4.78 is 32.3. The number of rotatable bonds is 6. The number of hydrogen-bond acceptors (Lipinski definition) is 6. The fourth-order valence-corrected chi connectivity index (χ4v) is 3.32. The predicted octanol–water partition coefficient (Wildman–Crippen LogP) is 3.34. The zero-order chi connectivity index (χ0) is 18.6. The van der Waals surface area contributed by atoms with Gasteiger partial charge in [0, 0.05) is 0 Å². The Bertz CT molecular complexity index is 991. The Morgan fingerprint density at radius 1 is 0.923 bits per heavy atom. The second-order valence-electron chi connectivity index (χ2n) is 5.55. The molecule has 0 radical (unpaired) electrons. The fraction of sp³-hybridized carbons (Fsp3) is 0.111. The largest absolute Gasteiger partial charge is 0.495 e. The smallest absolute Gasteiger partial charge is 0.263 e. The first kappa shape index (κ1) is 17.7. The molecule has 1 heterocycles. The van der Waals surface area contributed by atoms with E-state index in [0.717, 1.165) is 11.3 Å². The van der Waals surface area contributed by atoms with E-state index in [4.69, 9.17) is 4.74 Å². The monoisotopic (exact) mass is 370 g/mol. The molecule has 8 heteroatoms. The fourth-order valence-electron chi connectivity index (χ4n) is 2.31. The van der Waals surface area contributed by atoms with E-state index in [0.29, 0.717) is 11.6 Å². The number of aromatic nitrogens is 2. The molecule has 3 aromatic rings. The molecule has 0 aliphatic rings. The maximum absolute atomic E-state index is 12.3. The van der Waals surface area contributed by atoms with Gasteiger partial charge in [-0.25, -0.2) is 8.42 Å². The van der Waals surface area contributed by atoms with Gasteiger partial charge in [-0.05, 0) is 48.9 Å². The molecule has 2 aromatic carbocycles. The lowest BCUT2D eigenvalue weighted by atomic mass is 10.2. The Morgan fingerprint density at radius 2 is 1.62 bits per heavy atom. The van der Waals surface area contributed by atoms with Crippen molar-refractivity contribution >= 4 is 27.3 Å². The lowest BCUT2D eigenvalue weighted by Crippen LogP contribution is -2.14.